The molecule has 0 spiro atoms. The normalized spacial score (nSPS) is 16.2. The van der Waals surface area contributed by atoms with Gasteiger partial charge in [-0.3, -0.25) is 4.68 Å². The fourth-order valence-electron chi connectivity index (χ4n) is 4.42. The maximum absolute atomic E-state index is 5.68. The smallest absolute Gasteiger partial charge is 0.184 e. The van der Waals surface area contributed by atoms with E-state index in [2.05, 4.69) is 43.6 Å². The molecule has 5 aromatic rings. The number of hydrogen-bond acceptors (Lipinski definition) is 9. The molecule has 1 aliphatic rings. The average Bonchev–Trinajstić information content (AvgIpc) is 3.48. The quantitative estimate of drug-likeness (QED) is 0.400. The predicted molar refractivity (Wildman–Crippen MR) is 135 cm³/mol. The molecule has 1 atom stereocenters. The summed E-state index contributed by atoms with van der Waals surface area (Å²) in [4.78, 5) is 16.3. The lowest BCUT2D eigenvalue weighted by Crippen LogP contribution is -2.41. The lowest BCUT2D eigenvalue weighted by molar-refractivity contribution is 0.0532. The minimum atomic E-state index is 0.205. The van der Waals surface area contributed by atoms with E-state index in [-0.39, 0.29) is 6.10 Å². The van der Waals surface area contributed by atoms with E-state index >= 15 is 0 Å². The molecule has 0 amide bonds. The Morgan fingerprint density at radius 2 is 1.97 bits per heavy atom. The molecule has 6 heterocycles. The molecule has 2 N–H and O–H groups in total. The van der Waals surface area contributed by atoms with Crippen molar-refractivity contribution >= 4 is 39.6 Å². The molecule has 0 aromatic carbocycles. The summed E-state index contributed by atoms with van der Waals surface area (Å²) in [5.41, 5.74) is 2.70. The highest BCUT2D eigenvalue weighted by molar-refractivity contribution is 6.01. The number of nitrogens with zero attached hydrogens (tertiary/aromatic N) is 8. The maximum Gasteiger partial charge on any atom is 0.184 e. The Hall–Kier alpha value is -4.25. The number of fused-ring (bicyclic) bond motifs is 2. The zero-order valence-corrected chi connectivity index (χ0v) is 19.8. The summed E-state index contributed by atoms with van der Waals surface area (Å²) in [5.74, 6) is 2.75. The number of aromatic nitrogens is 7. The van der Waals surface area contributed by atoms with Gasteiger partial charge in [0, 0.05) is 68.2 Å². The van der Waals surface area contributed by atoms with Crippen LogP contribution in [0.15, 0.2) is 49.1 Å². The van der Waals surface area contributed by atoms with Gasteiger partial charge in [0.05, 0.1) is 24.6 Å². The van der Waals surface area contributed by atoms with E-state index in [1.807, 2.05) is 49.2 Å². The SMILES string of the molecule is CNc1ncc(-c2nc3ccc(N4CCOC(C)C4)cn3n2)c2cc(Nc3ccn(C)n3)ncc12. The number of ether oxygens (including phenoxy) is 1. The van der Waals surface area contributed by atoms with Gasteiger partial charge in [-0.25, -0.2) is 19.5 Å². The molecule has 35 heavy (non-hydrogen) atoms. The number of hydrogen-bond donors (Lipinski definition) is 2. The van der Waals surface area contributed by atoms with Crippen LogP contribution in [0.1, 0.15) is 6.92 Å². The van der Waals surface area contributed by atoms with Crippen molar-refractivity contribution < 1.29 is 4.74 Å². The summed E-state index contributed by atoms with van der Waals surface area (Å²) < 4.78 is 9.25. The first-order valence-electron chi connectivity index (χ1n) is 11.5. The molecular formula is C24H26N10O. The highest BCUT2D eigenvalue weighted by atomic mass is 16.5. The lowest BCUT2D eigenvalue weighted by atomic mass is 10.1. The first kappa shape index (κ1) is 21.3. The van der Waals surface area contributed by atoms with Crippen LogP contribution < -0.4 is 15.5 Å². The van der Waals surface area contributed by atoms with E-state index in [4.69, 9.17) is 14.8 Å². The Bertz CT molecular complexity index is 1520. The van der Waals surface area contributed by atoms with Crippen molar-refractivity contribution in [2.45, 2.75) is 13.0 Å². The van der Waals surface area contributed by atoms with Crippen LogP contribution in [0.3, 0.4) is 0 Å². The third-order valence-electron chi connectivity index (χ3n) is 6.14. The van der Waals surface area contributed by atoms with Gasteiger partial charge in [0.1, 0.15) is 11.6 Å². The molecule has 0 radical (unpaired) electrons. The van der Waals surface area contributed by atoms with Gasteiger partial charge in [0.15, 0.2) is 17.3 Å². The Labute approximate surface area is 201 Å². The molecule has 11 heteroatoms. The number of anilines is 4. The molecule has 11 nitrogen and oxygen atoms in total. The summed E-state index contributed by atoms with van der Waals surface area (Å²) in [6.45, 7) is 4.53. The van der Waals surface area contributed by atoms with Crippen molar-refractivity contribution in [2.75, 3.05) is 42.3 Å². The third kappa shape index (κ3) is 3.99. The van der Waals surface area contributed by atoms with Gasteiger partial charge < -0.3 is 20.3 Å². The minimum Gasteiger partial charge on any atom is -0.375 e. The van der Waals surface area contributed by atoms with Crippen molar-refractivity contribution in [3.63, 3.8) is 0 Å². The van der Waals surface area contributed by atoms with Crippen LogP contribution in [0.25, 0.3) is 27.8 Å². The molecule has 0 saturated carbocycles. The number of pyridine rings is 3. The monoisotopic (exact) mass is 470 g/mol. The topological polar surface area (TPSA) is 110 Å². The van der Waals surface area contributed by atoms with Crippen molar-refractivity contribution in [3.8, 4) is 11.4 Å². The number of nitrogens with one attached hydrogen (secondary N) is 2. The fourth-order valence-corrected chi connectivity index (χ4v) is 4.42. The van der Waals surface area contributed by atoms with Gasteiger partial charge >= 0.3 is 0 Å². The van der Waals surface area contributed by atoms with E-state index in [0.29, 0.717) is 11.6 Å². The Balaban J connectivity index is 1.41. The van der Waals surface area contributed by atoms with Gasteiger partial charge in [-0.05, 0) is 25.1 Å². The van der Waals surface area contributed by atoms with Gasteiger partial charge in [0.2, 0.25) is 0 Å². The Morgan fingerprint density at radius 1 is 1.06 bits per heavy atom. The molecule has 1 aliphatic heterocycles. The van der Waals surface area contributed by atoms with Gasteiger partial charge in [0.25, 0.3) is 0 Å². The van der Waals surface area contributed by atoms with Crippen LogP contribution in [0.2, 0.25) is 0 Å². The van der Waals surface area contributed by atoms with Crippen LogP contribution in [0, 0.1) is 0 Å². The van der Waals surface area contributed by atoms with Crippen LogP contribution in [0.4, 0.5) is 23.1 Å². The largest absolute Gasteiger partial charge is 0.375 e. The van der Waals surface area contributed by atoms with Gasteiger partial charge in [-0.1, -0.05) is 0 Å². The summed E-state index contributed by atoms with van der Waals surface area (Å²) in [5, 5.41) is 17.4. The van der Waals surface area contributed by atoms with Gasteiger partial charge in [-0.15, -0.1) is 5.10 Å². The van der Waals surface area contributed by atoms with E-state index in [9.17, 15) is 0 Å². The van der Waals surface area contributed by atoms with Crippen molar-refractivity contribution in [2.24, 2.45) is 7.05 Å². The first-order valence-corrected chi connectivity index (χ1v) is 11.5. The van der Waals surface area contributed by atoms with Crippen molar-refractivity contribution in [1.29, 1.82) is 0 Å². The van der Waals surface area contributed by atoms with Gasteiger partial charge in [-0.2, -0.15) is 5.10 Å². The third-order valence-corrected chi connectivity index (χ3v) is 6.14. The summed E-state index contributed by atoms with van der Waals surface area (Å²) >= 11 is 0. The Morgan fingerprint density at radius 3 is 2.77 bits per heavy atom. The second-order valence-corrected chi connectivity index (χ2v) is 8.64. The molecule has 0 bridgehead atoms. The second kappa shape index (κ2) is 8.51. The molecular weight excluding hydrogens is 444 g/mol. The number of rotatable bonds is 5. The van der Waals surface area contributed by atoms with Crippen LogP contribution in [-0.2, 0) is 11.8 Å². The van der Waals surface area contributed by atoms with Crippen LogP contribution in [-0.4, -0.2) is 67.2 Å². The number of aryl methyl sites for hydroxylation is 1. The molecule has 5 aromatic heterocycles. The molecule has 1 saturated heterocycles. The summed E-state index contributed by atoms with van der Waals surface area (Å²) in [7, 11) is 3.72. The fraction of sp³-hybridized carbons (Fsp3) is 0.292. The molecule has 1 unspecified atom stereocenters. The molecule has 178 valence electrons. The van der Waals surface area contributed by atoms with Crippen molar-refractivity contribution in [3.05, 3.63) is 49.1 Å². The molecule has 6 rings (SSSR count). The second-order valence-electron chi connectivity index (χ2n) is 8.64. The van der Waals surface area contributed by atoms with E-state index in [1.165, 1.54) is 0 Å². The minimum absolute atomic E-state index is 0.205. The molecule has 0 aliphatic carbocycles. The summed E-state index contributed by atoms with van der Waals surface area (Å²) in [6.07, 6.45) is 7.71. The highest BCUT2D eigenvalue weighted by Gasteiger charge is 2.19. The highest BCUT2D eigenvalue weighted by Crippen LogP contribution is 2.32. The summed E-state index contributed by atoms with van der Waals surface area (Å²) in [6, 6.07) is 7.97. The van der Waals surface area contributed by atoms with Crippen LogP contribution >= 0.6 is 0 Å². The predicted octanol–water partition coefficient (Wildman–Crippen LogP) is 3.08. The Kier molecular flexibility index (Phi) is 5.18. The lowest BCUT2D eigenvalue weighted by Gasteiger charge is -2.32. The van der Waals surface area contributed by atoms with E-state index < -0.39 is 0 Å². The number of morpholine rings is 1. The average molecular weight is 471 g/mol. The first-order chi connectivity index (χ1) is 17.1. The van der Waals surface area contributed by atoms with Crippen molar-refractivity contribution in [1.82, 2.24) is 34.3 Å². The zero-order chi connectivity index (χ0) is 23.9. The van der Waals surface area contributed by atoms with Crippen LogP contribution in [0.5, 0.6) is 0 Å². The standard InChI is InChI=1S/C24H26N10O/c1-15-13-33(8-9-35-15)16-4-5-22-29-24(31-34(22)14-16)19-12-27-23(25-2)18-11-26-21(10-17(18)19)28-20-6-7-32(3)30-20/h4-7,10-12,14-15H,8-9,13H2,1-3H3,(H,25,27)(H,26,28,30). The molecule has 1 fully saturated rings. The zero-order valence-electron chi connectivity index (χ0n) is 19.8. The van der Waals surface area contributed by atoms with E-state index in [1.54, 1.807) is 17.1 Å². The van der Waals surface area contributed by atoms with E-state index in [0.717, 1.165) is 59.0 Å². The maximum atomic E-state index is 5.68.